The first-order valence-electron chi connectivity index (χ1n) is 3.33. The quantitative estimate of drug-likeness (QED) is 0.542. The molecular formula is C7H16S. The summed E-state index contributed by atoms with van der Waals surface area (Å²) in [7, 11) is 0. The molecule has 1 aliphatic rings. The molecule has 1 heteroatoms. The van der Waals surface area contributed by atoms with Crippen molar-refractivity contribution in [3.05, 3.63) is 0 Å². The zero-order chi connectivity index (χ0) is 5.33. The van der Waals surface area contributed by atoms with E-state index in [9.17, 15) is 0 Å². The van der Waals surface area contributed by atoms with E-state index in [0.29, 0.717) is 0 Å². The Morgan fingerprint density at radius 3 is 1.50 bits per heavy atom. The molecule has 1 saturated carbocycles. The molecule has 50 valence electrons. The van der Waals surface area contributed by atoms with E-state index in [0.717, 1.165) is 5.41 Å². The van der Waals surface area contributed by atoms with Crippen LogP contribution in [0.1, 0.15) is 39.5 Å². The largest absolute Gasteiger partial charge is 0.197 e. The molecule has 0 aliphatic heterocycles. The first-order chi connectivity index (χ1) is 3.33. The lowest BCUT2D eigenvalue weighted by molar-refractivity contribution is 0.474. The Hall–Kier alpha value is 0.350. The Bertz CT molecular complexity index is 58.8. The molecule has 0 N–H and O–H groups in total. The first kappa shape index (κ1) is 8.35. The van der Waals surface area contributed by atoms with Crippen molar-refractivity contribution < 1.29 is 0 Å². The Morgan fingerprint density at radius 1 is 1.12 bits per heavy atom. The van der Waals surface area contributed by atoms with E-state index in [1.807, 2.05) is 0 Å². The Balaban J connectivity index is 0.000000490. The molecule has 0 amide bonds. The van der Waals surface area contributed by atoms with Gasteiger partial charge in [-0.2, -0.15) is 13.5 Å². The topological polar surface area (TPSA) is 0 Å². The van der Waals surface area contributed by atoms with Crippen LogP contribution >= 0.6 is 13.5 Å². The predicted molar refractivity (Wildman–Crippen MR) is 42.6 cm³/mol. The van der Waals surface area contributed by atoms with Crippen LogP contribution in [0.25, 0.3) is 0 Å². The van der Waals surface area contributed by atoms with Gasteiger partial charge in [0.1, 0.15) is 0 Å². The van der Waals surface area contributed by atoms with Crippen LogP contribution in [-0.4, -0.2) is 0 Å². The van der Waals surface area contributed by atoms with Gasteiger partial charge in [-0.25, -0.2) is 0 Å². The molecule has 0 atom stereocenters. The smallest absolute Gasteiger partial charge is 0.0302 e. The fourth-order valence-corrected chi connectivity index (χ4v) is 1.13. The lowest BCUT2D eigenvalue weighted by atomic mass is 10.0. The van der Waals surface area contributed by atoms with Gasteiger partial charge in [-0.15, -0.1) is 0 Å². The molecule has 0 heterocycles. The van der Waals surface area contributed by atoms with Crippen LogP contribution in [0, 0.1) is 5.41 Å². The van der Waals surface area contributed by atoms with Crippen LogP contribution in [-0.2, 0) is 0 Å². The first-order valence-corrected chi connectivity index (χ1v) is 3.33. The number of hydrogen-bond donors (Lipinski definition) is 0. The average molecular weight is 132 g/mol. The van der Waals surface area contributed by atoms with Crippen molar-refractivity contribution in [3.8, 4) is 0 Å². The average Bonchev–Trinajstić information content (AvgIpc) is 2.46. The fraction of sp³-hybridized carbons (Fsp3) is 1.00. The minimum absolute atomic E-state index is 0. The summed E-state index contributed by atoms with van der Waals surface area (Å²) in [5, 5.41) is 0. The summed E-state index contributed by atoms with van der Waals surface area (Å²) in [6.45, 7) is 4.60. The van der Waals surface area contributed by atoms with Crippen molar-refractivity contribution in [2.24, 2.45) is 5.41 Å². The third-order valence-corrected chi connectivity index (χ3v) is 2.46. The molecule has 0 radical (unpaired) electrons. The molecule has 0 spiro atoms. The molecule has 8 heavy (non-hydrogen) atoms. The summed E-state index contributed by atoms with van der Waals surface area (Å²) in [6.07, 6.45) is 5.81. The second-order valence-electron chi connectivity index (χ2n) is 2.71. The second-order valence-corrected chi connectivity index (χ2v) is 2.71. The highest BCUT2D eigenvalue weighted by molar-refractivity contribution is 7.59. The van der Waals surface area contributed by atoms with Gasteiger partial charge >= 0.3 is 0 Å². The van der Waals surface area contributed by atoms with Crippen molar-refractivity contribution in [1.29, 1.82) is 0 Å². The molecule has 0 saturated heterocycles. The fourth-order valence-electron chi connectivity index (χ4n) is 1.13. The van der Waals surface area contributed by atoms with E-state index >= 15 is 0 Å². The number of rotatable bonds is 2. The van der Waals surface area contributed by atoms with Crippen molar-refractivity contribution in [2.75, 3.05) is 0 Å². The highest BCUT2D eigenvalue weighted by Gasteiger charge is 2.37. The third-order valence-electron chi connectivity index (χ3n) is 2.46. The van der Waals surface area contributed by atoms with Crippen molar-refractivity contribution in [2.45, 2.75) is 39.5 Å². The molecule has 0 aromatic heterocycles. The van der Waals surface area contributed by atoms with Gasteiger partial charge in [-0.05, 0) is 18.3 Å². The maximum atomic E-state index is 2.30. The molecule has 0 nitrogen and oxygen atoms in total. The molecule has 1 aliphatic carbocycles. The van der Waals surface area contributed by atoms with Crippen LogP contribution in [0.3, 0.4) is 0 Å². The third kappa shape index (κ3) is 1.41. The Kier molecular flexibility index (Phi) is 2.89. The molecule has 0 aromatic rings. The summed E-state index contributed by atoms with van der Waals surface area (Å²) < 4.78 is 0. The Labute approximate surface area is 59.1 Å². The van der Waals surface area contributed by atoms with Crippen molar-refractivity contribution in [1.82, 2.24) is 0 Å². The van der Waals surface area contributed by atoms with E-state index in [-0.39, 0.29) is 13.5 Å². The SMILES string of the molecule is CCC1(CC)CC1.S. The molecule has 0 unspecified atom stereocenters. The molecule has 1 fully saturated rings. The van der Waals surface area contributed by atoms with Crippen molar-refractivity contribution >= 4 is 13.5 Å². The number of hydrogen-bond acceptors (Lipinski definition) is 0. The van der Waals surface area contributed by atoms with Crippen LogP contribution < -0.4 is 0 Å². The Morgan fingerprint density at radius 2 is 1.50 bits per heavy atom. The standard InChI is InChI=1S/C7H14.H2S/c1-3-7(4-2)5-6-7;/h3-6H2,1-2H3;1H2. The van der Waals surface area contributed by atoms with Crippen LogP contribution in [0.5, 0.6) is 0 Å². The van der Waals surface area contributed by atoms with E-state index in [1.54, 1.807) is 0 Å². The minimum Gasteiger partial charge on any atom is -0.197 e. The second kappa shape index (κ2) is 2.77. The zero-order valence-electron chi connectivity index (χ0n) is 5.83. The molecular weight excluding hydrogens is 116 g/mol. The van der Waals surface area contributed by atoms with Gasteiger partial charge in [-0.3, -0.25) is 0 Å². The molecule has 1 rings (SSSR count). The summed E-state index contributed by atoms with van der Waals surface area (Å²) in [4.78, 5) is 0. The van der Waals surface area contributed by atoms with Gasteiger partial charge in [0.25, 0.3) is 0 Å². The monoisotopic (exact) mass is 132 g/mol. The van der Waals surface area contributed by atoms with E-state index in [4.69, 9.17) is 0 Å². The van der Waals surface area contributed by atoms with Crippen molar-refractivity contribution in [3.63, 3.8) is 0 Å². The van der Waals surface area contributed by atoms with Crippen LogP contribution in [0.15, 0.2) is 0 Å². The van der Waals surface area contributed by atoms with Gasteiger partial charge in [-0.1, -0.05) is 26.7 Å². The van der Waals surface area contributed by atoms with Gasteiger partial charge < -0.3 is 0 Å². The zero-order valence-corrected chi connectivity index (χ0v) is 6.83. The molecule has 0 bridgehead atoms. The predicted octanol–water partition coefficient (Wildman–Crippen LogP) is 2.70. The summed E-state index contributed by atoms with van der Waals surface area (Å²) in [6, 6.07) is 0. The summed E-state index contributed by atoms with van der Waals surface area (Å²) >= 11 is 0. The minimum atomic E-state index is 0. The van der Waals surface area contributed by atoms with Gasteiger partial charge in [0, 0.05) is 0 Å². The lowest BCUT2D eigenvalue weighted by Crippen LogP contribution is -1.92. The van der Waals surface area contributed by atoms with Gasteiger partial charge in [0.15, 0.2) is 0 Å². The summed E-state index contributed by atoms with van der Waals surface area (Å²) in [5.74, 6) is 0. The summed E-state index contributed by atoms with van der Waals surface area (Å²) in [5.41, 5.74) is 0.833. The normalized spacial score (nSPS) is 21.8. The van der Waals surface area contributed by atoms with E-state index < -0.39 is 0 Å². The molecule has 0 aromatic carbocycles. The van der Waals surface area contributed by atoms with Crippen LogP contribution in [0.4, 0.5) is 0 Å². The lowest BCUT2D eigenvalue weighted by Gasteiger charge is -2.04. The van der Waals surface area contributed by atoms with Gasteiger partial charge in [0.2, 0.25) is 0 Å². The maximum absolute atomic E-state index is 2.30. The van der Waals surface area contributed by atoms with Crippen LogP contribution in [0.2, 0.25) is 0 Å². The highest BCUT2D eigenvalue weighted by Crippen LogP contribution is 2.51. The van der Waals surface area contributed by atoms with Gasteiger partial charge in [0.05, 0.1) is 0 Å². The van der Waals surface area contributed by atoms with E-state index in [2.05, 4.69) is 13.8 Å². The highest BCUT2D eigenvalue weighted by atomic mass is 32.1. The van der Waals surface area contributed by atoms with E-state index in [1.165, 1.54) is 25.7 Å². The maximum Gasteiger partial charge on any atom is -0.0302 e.